The van der Waals surface area contributed by atoms with Crippen LogP contribution in [-0.2, 0) is 16.4 Å². The largest absolute Gasteiger partial charge is 0.497 e. The molecule has 0 aliphatic carbocycles. The van der Waals surface area contributed by atoms with Crippen molar-refractivity contribution in [2.45, 2.75) is 25.2 Å². The predicted octanol–water partition coefficient (Wildman–Crippen LogP) is 1.87. The standard InChI is InChI=1S/C17H24N4O3S/c1-24-15-4-2-13(3-5-15)8-11-25(22,23)21-17-16(12-19-20-17)14-6-9-18-10-7-14/h2-5,12,14,18H,6-11H2,1H3,(H2,19,20,21). The minimum absolute atomic E-state index is 0.0179. The average molecular weight is 364 g/mol. The molecule has 0 radical (unpaired) electrons. The van der Waals surface area contributed by atoms with E-state index in [4.69, 9.17) is 4.74 Å². The van der Waals surface area contributed by atoms with Crippen LogP contribution in [0.15, 0.2) is 30.5 Å². The molecular weight excluding hydrogens is 340 g/mol. The Hall–Kier alpha value is -2.06. The molecule has 1 fully saturated rings. The predicted molar refractivity (Wildman–Crippen MR) is 97.5 cm³/mol. The first-order chi connectivity index (χ1) is 12.1. The normalized spacial score (nSPS) is 15.9. The van der Waals surface area contributed by atoms with Crippen LogP contribution < -0.4 is 14.8 Å². The summed E-state index contributed by atoms with van der Waals surface area (Å²) in [5.74, 6) is 1.61. The fraction of sp³-hybridized carbons (Fsp3) is 0.471. The maximum atomic E-state index is 12.4. The van der Waals surface area contributed by atoms with Crippen LogP contribution in [-0.4, -0.2) is 44.6 Å². The van der Waals surface area contributed by atoms with E-state index in [0.717, 1.165) is 42.8 Å². The number of methoxy groups -OCH3 is 1. The maximum absolute atomic E-state index is 12.4. The van der Waals surface area contributed by atoms with Crippen LogP contribution in [0, 0.1) is 0 Å². The summed E-state index contributed by atoms with van der Waals surface area (Å²) in [6.45, 7) is 1.89. The molecule has 1 aromatic heterocycles. The molecule has 0 spiro atoms. The van der Waals surface area contributed by atoms with Gasteiger partial charge in [0.15, 0.2) is 0 Å². The number of piperidine rings is 1. The van der Waals surface area contributed by atoms with Crippen molar-refractivity contribution >= 4 is 15.8 Å². The van der Waals surface area contributed by atoms with Gasteiger partial charge in [-0.15, -0.1) is 0 Å². The zero-order valence-corrected chi connectivity index (χ0v) is 15.1. The molecule has 25 heavy (non-hydrogen) atoms. The Labute approximate surface area is 148 Å². The second-order valence-electron chi connectivity index (χ2n) is 6.24. The summed E-state index contributed by atoms with van der Waals surface area (Å²) in [4.78, 5) is 0. The van der Waals surface area contributed by atoms with Gasteiger partial charge in [0.05, 0.1) is 19.1 Å². The van der Waals surface area contributed by atoms with Gasteiger partial charge in [0, 0.05) is 5.56 Å². The number of hydrogen-bond donors (Lipinski definition) is 3. The zero-order valence-electron chi connectivity index (χ0n) is 14.3. The van der Waals surface area contributed by atoms with Crippen LogP contribution in [0.5, 0.6) is 5.75 Å². The zero-order chi connectivity index (χ0) is 17.7. The number of ether oxygens (including phenoxy) is 1. The Kier molecular flexibility index (Phi) is 5.60. The Morgan fingerprint density at radius 2 is 1.96 bits per heavy atom. The van der Waals surface area contributed by atoms with Gasteiger partial charge in [0.1, 0.15) is 11.6 Å². The molecule has 0 bridgehead atoms. The van der Waals surface area contributed by atoms with Gasteiger partial charge in [-0.3, -0.25) is 9.82 Å². The Balaban J connectivity index is 1.62. The molecule has 0 saturated carbocycles. The molecule has 0 unspecified atom stereocenters. The molecule has 0 atom stereocenters. The van der Waals surface area contributed by atoms with E-state index < -0.39 is 10.0 Å². The van der Waals surface area contributed by atoms with E-state index in [1.54, 1.807) is 13.3 Å². The molecule has 1 aromatic carbocycles. The number of nitrogens with one attached hydrogen (secondary N) is 3. The van der Waals surface area contributed by atoms with Crippen molar-refractivity contribution in [3.63, 3.8) is 0 Å². The third kappa shape index (κ3) is 4.73. The number of rotatable bonds is 7. The summed E-state index contributed by atoms with van der Waals surface area (Å²) >= 11 is 0. The molecular formula is C17H24N4O3S. The second-order valence-corrected chi connectivity index (χ2v) is 8.09. The minimum Gasteiger partial charge on any atom is -0.497 e. The summed E-state index contributed by atoms with van der Waals surface area (Å²) in [5.41, 5.74) is 1.91. The van der Waals surface area contributed by atoms with Crippen molar-refractivity contribution in [2.24, 2.45) is 0 Å². The van der Waals surface area contributed by atoms with E-state index in [1.165, 1.54) is 0 Å². The van der Waals surface area contributed by atoms with Crippen LogP contribution >= 0.6 is 0 Å². The fourth-order valence-electron chi connectivity index (χ4n) is 3.07. The summed E-state index contributed by atoms with van der Waals surface area (Å²) in [6.07, 6.45) is 4.15. The lowest BCUT2D eigenvalue weighted by Gasteiger charge is -2.22. The van der Waals surface area contributed by atoms with Crippen LogP contribution in [0.3, 0.4) is 0 Å². The number of aromatic amines is 1. The first-order valence-corrected chi connectivity index (χ1v) is 10.1. The summed E-state index contributed by atoms with van der Waals surface area (Å²) in [5, 5.41) is 10.1. The van der Waals surface area contributed by atoms with Gasteiger partial charge in [-0.2, -0.15) is 5.10 Å². The second kappa shape index (κ2) is 7.88. The molecule has 136 valence electrons. The highest BCUT2D eigenvalue weighted by molar-refractivity contribution is 7.92. The van der Waals surface area contributed by atoms with Crippen LogP contribution in [0.2, 0.25) is 0 Å². The van der Waals surface area contributed by atoms with Gasteiger partial charge in [0.2, 0.25) is 10.0 Å². The summed E-state index contributed by atoms with van der Waals surface area (Å²) in [6, 6.07) is 7.43. The Morgan fingerprint density at radius 3 is 2.64 bits per heavy atom. The quantitative estimate of drug-likeness (QED) is 0.697. The van der Waals surface area contributed by atoms with Gasteiger partial charge < -0.3 is 10.1 Å². The number of aryl methyl sites for hydroxylation is 1. The molecule has 0 amide bonds. The molecule has 2 heterocycles. The number of H-pyrrole nitrogens is 1. The maximum Gasteiger partial charge on any atom is 0.234 e. The van der Waals surface area contributed by atoms with Gasteiger partial charge in [0.25, 0.3) is 0 Å². The highest BCUT2D eigenvalue weighted by atomic mass is 32.2. The number of benzene rings is 1. The van der Waals surface area contributed by atoms with E-state index in [1.807, 2.05) is 24.3 Å². The summed E-state index contributed by atoms with van der Waals surface area (Å²) < 4.78 is 32.6. The van der Waals surface area contributed by atoms with Gasteiger partial charge in [-0.05, 0) is 56.0 Å². The molecule has 1 aliphatic rings. The SMILES string of the molecule is COc1ccc(CCS(=O)(=O)Nc2[nH]ncc2C2CCNCC2)cc1. The monoisotopic (exact) mass is 364 g/mol. The number of sulfonamides is 1. The lowest BCUT2D eigenvalue weighted by molar-refractivity contribution is 0.414. The lowest BCUT2D eigenvalue weighted by atomic mass is 9.92. The Bertz CT molecular complexity index is 780. The summed E-state index contributed by atoms with van der Waals surface area (Å²) in [7, 11) is -1.84. The minimum atomic E-state index is -3.45. The van der Waals surface area contributed by atoms with E-state index in [9.17, 15) is 8.42 Å². The van der Waals surface area contributed by atoms with Crippen molar-refractivity contribution in [3.05, 3.63) is 41.6 Å². The molecule has 8 heteroatoms. The van der Waals surface area contributed by atoms with Crippen molar-refractivity contribution < 1.29 is 13.2 Å². The van der Waals surface area contributed by atoms with Gasteiger partial charge in [-0.25, -0.2) is 8.42 Å². The average Bonchev–Trinajstić information content (AvgIpc) is 3.08. The molecule has 1 saturated heterocycles. The molecule has 3 N–H and O–H groups in total. The third-order valence-corrected chi connectivity index (χ3v) is 5.78. The van der Waals surface area contributed by atoms with E-state index >= 15 is 0 Å². The van der Waals surface area contributed by atoms with Crippen molar-refractivity contribution in [3.8, 4) is 5.75 Å². The highest BCUT2D eigenvalue weighted by Gasteiger charge is 2.22. The van der Waals surface area contributed by atoms with Crippen LogP contribution in [0.1, 0.15) is 29.9 Å². The van der Waals surface area contributed by atoms with Crippen LogP contribution in [0.25, 0.3) is 0 Å². The number of hydrogen-bond acceptors (Lipinski definition) is 5. The highest BCUT2D eigenvalue weighted by Crippen LogP contribution is 2.30. The van der Waals surface area contributed by atoms with Gasteiger partial charge in [-0.1, -0.05) is 12.1 Å². The number of nitrogens with zero attached hydrogens (tertiary/aromatic N) is 1. The van der Waals surface area contributed by atoms with Crippen molar-refractivity contribution in [1.82, 2.24) is 15.5 Å². The van der Waals surface area contributed by atoms with E-state index in [2.05, 4.69) is 20.2 Å². The topological polar surface area (TPSA) is 96.1 Å². The molecule has 3 rings (SSSR count). The van der Waals surface area contributed by atoms with Crippen molar-refractivity contribution in [1.29, 1.82) is 0 Å². The smallest absolute Gasteiger partial charge is 0.234 e. The fourth-order valence-corrected chi connectivity index (χ4v) is 4.15. The molecule has 1 aliphatic heterocycles. The van der Waals surface area contributed by atoms with E-state index in [0.29, 0.717) is 18.2 Å². The Morgan fingerprint density at radius 1 is 1.24 bits per heavy atom. The number of anilines is 1. The van der Waals surface area contributed by atoms with Crippen LogP contribution in [0.4, 0.5) is 5.82 Å². The first kappa shape index (κ1) is 17.8. The van der Waals surface area contributed by atoms with Gasteiger partial charge >= 0.3 is 0 Å². The first-order valence-electron chi connectivity index (χ1n) is 8.45. The third-order valence-electron chi connectivity index (χ3n) is 4.52. The molecule has 2 aromatic rings. The number of aromatic nitrogens is 2. The van der Waals surface area contributed by atoms with Crippen molar-refractivity contribution in [2.75, 3.05) is 30.7 Å². The molecule has 7 nitrogen and oxygen atoms in total. The van der Waals surface area contributed by atoms with E-state index in [-0.39, 0.29) is 5.75 Å². The lowest BCUT2D eigenvalue weighted by Crippen LogP contribution is -2.27.